The van der Waals surface area contributed by atoms with Gasteiger partial charge < -0.3 is 10.2 Å². The first kappa shape index (κ1) is 8.62. The average Bonchev–Trinajstić information content (AvgIpc) is 2.19. The Morgan fingerprint density at radius 2 is 2.25 bits per heavy atom. The molecule has 12 heavy (non-hydrogen) atoms. The van der Waals surface area contributed by atoms with Crippen molar-refractivity contribution in [3.8, 4) is 0 Å². The highest BCUT2D eigenvalue weighted by Gasteiger charge is 2.15. The molecule has 0 aromatic rings. The first-order valence-corrected chi connectivity index (χ1v) is 3.76. The number of aliphatic hydroxyl groups excluding tert-OH is 2. The Balaban J connectivity index is 3.12. The molecule has 0 aliphatic heterocycles. The summed E-state index contributed by atoms with van der Waals surface area (Å²) in [7, 11) is 0. The molecule has 0 unspecified atom stereocenters. The molecule has 1 rings (SSSR count). The highest BCUT2D eigenvalue weighted by molar-refractivity contribution is 6.04. The molecular formula is C9H10O3. The molecule has 0 heterocycles. The molecule has 0 spiro atoms. The Labute approximate surface area is 70.3 Å². The van der Waals surface area contributed by atoms with E-state index in [2.05, 4.69) is 5.73 Å². The largest absolute Gasteiger partial charge is 0.504 e. The third-order valence-electron chi connectivity index (χ3n) is 1.71. The standard InChI is InChI=1S/C9H10O3/c1-2-6-3-4-7(10)9(12)8(11)5-6/h4,10-11H,2-3H2,1H3. The second-order valence-electron chi connectivity index (χ2n) is 2.55. The minimum Gasteiger partial charge on any atom is -0.504 e. The van der Waals surface area contributed by atoms with Gasteiger partial charge in [-0.3, -0.25) is 4.79 Å². The number of carbonyl (C=O) groups is 1. The summed E-state index contributed by atoms with van der Waals surface area (Å²) in [5, 5.41) is 18.1. The van der Waals surface area contributed by atoms with Gasteiger partial charge in [-0.05, 0) is 24.5 Å². The molecule has 3 heteroatoms. The second kappa shape index (κ2) is 3.28. The van der Waals surface area contributed by atoms with Gasteiger partial charge in [-0.1, -0.05) is 12.7 Å². The Morgan fingerprint density at radius 3 is 2.83 bits per heavy atom. The van der Waals surface area contributed by atoms with Crippen molar-refractivity contribution < 1.29 is 15.0 Å². The maximum absolute atomic E-state index is 10.9. The van der Waals surface area contributed by atoms with Crippen molar-refractivity contribution in [3.63, 3.8) is 0 Å². The van der Waals surface area contributed by atoms with Gasteiger partial charge in [-0.25, -0.2) is 0 Å². The Hall–Kier alpha value is -1.47. The minimum atomic E-state index is -0.751. The molecule has 0 radical (unpaired) electrons. The molecule has 0 bridgehead atoms. The third-order valence-corrected chi connectivity index (χ3v) is 1.71. The Bertz CT molecular complexity index is 304. The first-order valence-electron chi connectivity index (χ1n) is 3.76. The minimum absolute atomic E-state index is 0.400. The van der Waals surface area contributed by atoms with Crippen molar-refractivity contribution in [2.45, 2.75) is 19.8 Å². The van der Waals surface area contributed by atoms with Crippen LogP contribution in [0.15, 0.2) is 28.9 Å². The normalized spacial score (nSPS) is 17.8. The van der Waals surface area contributed by atoms with Crippen LogP contribution < -0.4 is 0 Å². The predicted molar refractivity (Wildman–Crippen MR) is 43.8 cm³/mol. The maximum Gasteiger partial charge on any atom is 0.269 e. The van der Waals surface area contributed by atoms with Gasteiger partial charge in [0.25, 0.3) is 5.78 Å². The summed E-state index contributed by atoms with van der Waals surface area (Å²) in [5.74, 6) is -1.65. The topological polar surface area (TPSA) is 57.5 Å². The molecule has 0 aromatic carbocycles. The molecule has 3 nitrogen and oxygen atoms in total. The van der Waals surface area contributed by atoms with Crippen molar-refractivity contribution in [1.29, 1.82) is 0 Å². The fourth-order valence-corrected chi connectivity index (χ4v) is 0.942. The summed E-state index contributed by atoms with van der Waals surface area (Å²) >= 11 is 0. The first-order chi connectivity index (χ1) is 5.65. The second-order valence-corrected chi connectivity index (χ2v) is 2.55. The van der Waals surface area contributed by atoms with E-state index < -0.39 is 17.3 Å². The van der Waals surface area contributed by atoms with Crippen LogP contribution in [0.2, 0.25) is 0 Å². The molecule has 2 N–H and O–H groups in total. The summed E-state index contributed by atoms with van der Waals surface area (Å²) in [6.45, 7) is 1.90. The van der Waals surface area contributed by atoms with Gasteiger partial charge in [0.1, 0.15) is 0 Å². The average molecular weight is 166 g/mol. The van der Waals surface area contributed by atoms with Gasteiger partial charge >= 0.3 is 0 Å². The van der Waals surface area contributed by atoms with Gasteiger partial charge in [-0.15, -0.1) is 0 Å². The van der Waals surface area contributed by atoms with Crippen LogP contribution in [0.4, 0.5) is 0 Å². The summed E-state index contributed by atoms with van der Waals surface area (Å²) in [6.07, 6.45) is 2.57. The van der Waals surface area contributed by atoms with E-state index >= 15 is 0 Å². The molecule has 0 amide bonds. The summed E-state index contributed by atoms with van der Waals surface area (Å²) in [5.41, 5.74) is 3.35. The highest BCUT2D eigenvalue weighted by atomic mass is 16.3. The van der Waals surface area contributed by atoms with Gasteiger partial charge in [0.05, 0.1) is 0 Å². The van der Waals surface area contributed by atoms with Crippen molar-refractivity contribution in [3.05, 3.63) is 28.9 Å². The lowest BCUT2D eigenvalue weighted by atomic mass is 10.1. The summed E-state index contributed by atoms with van der Waals surface area (Å²) in [6, 6.07) is 0. The van der Waals surface area contributed by atoms with E-state index in [0.717, 1.165) is 5.57 Å². The van der Waals surface area contributed by atoms with E-state index in [1.54, 1.807) is 0 Å². The molecular weight excluding hydrogens is 156 g/mol. The van der Waals surface area contributed by atoms with E-state index in [1.807, 2.05) is 6.92 Å². The van der Waals surface area contributed by atoms with Crippen LogP contribution in [0.25, 0.3) is 0 Å². The van der Waals surface area contributed by atoms with Gasteiger partial charge in [-0.2, -0.15) is 0 Å². The number of aliphatic hydroxyl groups is 2. The number of allylic oxidation sites excluding steroid dienone is 1. The molecule has 1 aliphatic rings. The van der Waals surface area contributed by atoms with Crippen molar-refractivity contribution in [2.24, 2.45) is 0 Å². The zero-order valence-electron chi connectivity index (χ0n) is 6.79. The number of carbonyl (C=O) groups excluding carboxylic acids is 1. The third kappa shape index (κ3) is 1.57. The van der Waals surface area contributed by atoms with E-state index in [4.69, 9.17) is 10.2 Å². The summed E-state index contributed by atoms with van der Waals surface area (Å²) < 4.78 is 0. The van der Waals surface area contributed by atoms with Crippen LogP contribution in [0.3, 0.4) is 0 Å². The smallest absolute Gasteiger partial charge is 0.269 e. The fourth-order valence-electron chi connectivity index (χ4n) is 0.942. The van der Waals surface area contributed by atoms with Gasteiger partial charge in [0.2, 0.25) is 5.76 Å². The molecule has 0 atom stereocenters. The number of rotatable bonds is 1. The molecule has 0 fully saturated rings. The Kier molecular flexibility index (Phi) is 2.36. The molecule has 64 valence electrons. The lowest BCUT2D eigenvalue weighted by molar-refractivity contribution is -0.116. The highest BCUT2D eigenvalue weighted by Crippen LogP contribution is 2.13. The van der Waals surface area contributed by atoms with E-state index in [1.165, 1.54) is 6.08 Å². The van der Waals surface area contributed by atoms with E-state index in [-0.39, 0.29) is 0 Å². The van der Waals surface area contributed by atoms with Crippen LogP contribution in [0.1, 0.15) is 19.8 Å². The summed E-state index contributed by atoms with van der Waals surface area (Å²) in [4.78, 5) is 10.9. The maximum atomic E-state index is 10.9. The van der Waals surface area contributed by atoms with Crippen molar-refractivity contribution >= 4 is 5.78 Å². The van der Waals surface area contributed by atoms with Gasteiger partial charge in [0, 0.05) is 0 Å². The van der Waals surface area contributed by atoms with Crippen LogP contribution in [0.5, 0.6) is 0 Å². The van der Waals surface area contributed by atoms with Crippen LogP contribution in [-0.2, 0) is 4.79 Å². The lowest BCUT2D eigenvalue weighted by Gasteiger charge is -1.92. The van der Waals surface area contributed by atoms with Crippen LogP contribution in [0, 0.1) is 0 Å². The van der Waals surface area contributed by atoms with E-state index in [0.29, 0.717) is 12.8 Å². The zero-order chi connectivity index (χ0) is 9.14. The zero-order valence-corrected chi connectivity index (χ0v) is 6.79. The Morgan fingerprint density at radius 1 is 1.58 bits per heavy atom. The lowest BCUT2D eigenvalue weighted by Crippen LogP contribution is -2.03. The monoisotopic (exact) mass is 166 g/mol. The molecule has 1 aliphatic carbocycles. The molecule has 0 aromatic heterocycles. The van der Waals surface area contributed by atoms with Crippen LogP contribution in [-0.4, -0.2) is 16.0 Å². The number of ketones is 1. The SMILES string of the molecule is CCC1=C=C(O)C(=O)C(O)=CC1. The van der Waals surface area contributed by atoms with Crippen molar-refractivity contribution in [1.82, 2.24) is 0 Å². The fraction of sp³-hybridized carbons (Fsp3) is 0.333. The predicted octanol–water partition coefficient (Wildman–Crippen LogP) is 1.78. The van der Waals surface area contributed by atoms with Crippen LogP contribution >= 0.6 is 0 Å². The van der Waals surface area contributed by atoms with Crippen molar-refractivity contribution in [2.75, 3.05) is 0 Å². The number of Topliss-reactive ketones (excluding diaryl/α,β-unsaturated/α-hetero) is 1. The van der Waals surface area contributed by atoms with Gasteiger partial charge in [0.15, 0.2) is 5.76 Å². The molecule has 0 saturated heterocycles. The number of hydrogen-bond acceptors (Lipinski definition) is 3. The molecule has 0 saturated carbocycles. The van der Waals surface area contributed by atoms with E-state index in [9.17, 15) is 4.79 Å². The number of hydrogen-bond donors (Lipinski definition) is 2. The quantitative estimate of drug-likeness (QED) is 0.584.